The predicted molar refractivity (Wildman–Crippen MR) is 32.4 cm³/mol. The largest absolute Gasteiger partial charge is 0.394 e. The summed E-state index contributed by atoms with van der Waals surface area (Å²) >= 11 is 0. The maximum atomic E-state index is 9.81. The van der Waals surface area contributed by atoms with Gasteiger partial charge in [-0.1, -0.05) is 0 Å². The van der Waals surface area contributed by atoms with Crippen molar-refractivity contribution < 1.29 is 14.3 Å². The van der Waals surface area contributed by atoms with E-state index < -0.39 is 11.9 Å². The molecule has 0 spiro atoms. The van der Waals surface area contributed by atoms with Gasteiger partial charge in [0.15, 0.2) is 17.4 Å². The Hall–Kier alpha value is -0.328. The number of rotatable bonds is 0. The van der Waals surface area contributed by atoms with Crippen LogP contribution in [0.3, 0.4) is 0 Å². The number of carbonyl (C=O) groups is 2. The molecule has 46 valence electrons. The normalized spacial score (nSPS) is 6.75. The summed E-state index contributed by atoms with van der Waals surface area (Å²) in [6.45, 7) is 2.36. The van der Waals surface area contributed by atoms with Crippen LogP contribution < -0.4 is 0 Å². The molecule has 3 nitrogen and oxygen atoms in total. The van der Waals surface area contributed by atoms with Crippen LogP contribution in [-0.2, 0) is 14.3 Å². The third-order valence-corrected chi connectivity index (χ3v) is 0.287. The van der Waals surface area contributed by atoms with Gasteiger partial charge in [0.2, 0.25) is 0 Å². The summed E-state index contributed by atoms with van der Waals surface area (Å²) in [6, 6.07) is 0. The predicted octanol–water partition coefficient (Wildman–Crippen LogP) is -1.09. The summed E-state index contributed by atoms with van der Waals surface area (Å²) < 4.78 is 3.97. The Kier molecular flexibility index (Phi) is 6.40. The van der Waals surface area contributed by atoms with Gasteiger partial charge in [0.1, 0.15) is 0 Å². The molecule has 0 radical (unpaired) electrons. The maximum absolute atomic E-state index is 9.81. The fraction of sp³-hybridized carbons (Fsp3) is 0.500. The van der Waals surface area contributed by atoms with Crippen LogP contribution in [-0.4, -0.2) is 29.3 Å². The lowest BCUT2D eigenvalue weighted by Crippen LogP contribution is -2.03. The summed E-state index contributed by atoms with van der Waals surface area (Å²) in [5.41, 5.74) is 0. The highest BCUT2D eigenvalue weighted by atomic mass is 27.0. The van der Waals surface area contributed by atoms with Crippen molar-refractivity contribution in [1.29, 1.82) is 0 Å². The molecule has 0 rings (SSSR count). The van der Waals surface area contributed by atoms with Gasteiger partial charge in [-0.25, -0.2) is 0 Å². The van der Waals surface area contributed by atoms with E-state index in [1.165, 1.54) is 13.8 Å². The quantitative estimate of drug-likeness (QED) is 0.239. The lowest BCUT2D eigenvalue weighted by atomic mass is 10.7. The van der Waals surface area contributed by atoms with Crippen molar-refractivity contribution in [1.82, 2.24) is 0 Å². The van der Waals surface area contributed by atoms with Crippen LogP contribution in [0.5, 0.6) is 0 Å². The first-order chi connectivity index (χ1) is 3.13. The molecule has 0 aromatic carbocycles. The zero-order valence-electron chi connectivity index (χ0n) is 4.22. The van der Waals surface area contributed by atoms with Gasteiger partial charge in [-0.05, 0) is 0 Å². The monoisotopic (exact) mass is 132 g/mol. The van der Waals surface area contributed by atoms with Crippen LogP contribution >= 0.6 is 0 Å². The van der Waals surface area contributed by atoms with E-state index in [0.29, 0.717) is 0 Å². The van der Waals surface area contributed by atoms with Gasteiger partial charge in [0.25, 0.3) is 0 Å². The van der Waals surface area contributed by atoms with Crippen molar-refractivity contribution in [2.75, 3.05) is 0 Å². The van der Waals surface area contributed by atoms with Gasteiger partial charge in [-0.15, -0.1) is 0 Å². The molecule has 0 fully saturated rings. The van der Waals surface area contributed by atoms with E-state index in [9.17, 15) is 9.59 Å². The Bertz CT molecular complexity index is 87.5. The van der Waals surface area contributed by atoms with E-state index in [1.807, 2.05) is 0 Å². The van der Waals surface area contributed by atoms with E-state index in [4.69, 9.17) is 0 Å². The second-order valence-electron chi connectivity index (χ2n) is 1.09. The van der Waals surface area contributed by atoms with Gasteiger partial charge in [-0.3, -0.25) is 9.59 Å². The minimum atomic E-state index is -0.562. The molecule has 0 aliphatic heterocycles. The van der Waals surface area contributed by atoms with E-state index in [-0.39, 0.29) is 17.4 Å². The molecule has 0 saturated heterocycles. The fourth-order valence-corrected chi connectivity index (χ4v) is 0.202. The third kappa shape index (κ3) is 9.18. The molecule has 0 amide bonds. The minimum Gasteiger partial charge on any atom is -0.394 e. The second-order valence-corrected chi connectivity index (χ2v) is 1.09. The van der Waals surface area contributed by atoms with Gasteiger partial charge in [-0.2, -0.15) is 0 Å². The molecule has 0 aromatic rings. The molecular formula is C4H9AlO3. The van der Waals surface area contributed by atoms with Gasteiger partial charge >= 0.3 is 11.9 Å². The van der Waals surface area contributed by atoms with E-state index >= 15 is 0 Å². The van der Waals surface area contributed by atoms with Gasteiger partial charge in [0.05, 0.1) is 0 Å². The summed E-state index contributed by atoms with van der Waals surface area (Å²) in [5.74, 6) is -1.12. The SMILES string of the molecule is CC(=O)OC(C)=O.[AlH3]. The first-order valence-corrected chi connectivity index (χ1v) is 1.82. The fourth-order valence-electron chi connectivity index (χ4n) is 0.202. The molecular weight excluding hydrogens is 123 g/mol. The zero-order valence-corrected chi connectivity index (χ0v) is 4.22. The third-order valence-electron chi connectivity index (χ3n) is 0.287. The van der Waals surface area contributed by atoms with Gasteiger partial charge in [0, 0.05) is 13.8 Å². The molecule has 0 atom stereocenters. The van der Waals surface area contributed by atoms with Crippen LogP contribution in [0.2, 0.25) is 0 Å². The summed E-state index contributed by atoms with van der Waals surface area (Å²) in [5, 5.41) is 0. The van der Waals surface area contributed by atoms with Gasteiger partial charge < -0.3 is 4.74 Å². The van der Waals surface area contributed by atoms with Crippen molar-refractivity contribution in [2.24, 2.45) is 0 Å². The number of hydrogen-bond donors (Lipinski definition) is 0. The van der Waals surface area contributed by atoms with Crippen LogP contribution in [0, 0.1) is 0 Å². The Balaban J connectivity index is 0. The molecule has 0 bridgehead atoms. The topological polar surface area (TPSA) is 43.4 Å². The van der Waals surface area contributed by atoms with Crippen molar-refractivity contribution in [3.05, 3.63) is 0 Å². The molecule has 0 N–H and O–H groups in total. The molecule has 8 heavy (non-hydrogen) atoms. The minimum absolute atomic E-state index is 0. The molecule has 0 saturated carbocycles. The Morgan fingerprint density at radius 1 is 1.12 bits per heavy atom. The molecule has 0 unspecified atom stereocenters. The van der Waals surface area contributed by atoms with Crippen molar-refractivity contribution in [2.45, 2.75) is 13.8 Å². The van der Waals surface area contributed by atoms with Crippen LogP contribution in [0.4, 0.5) is 0 Å². The highest BCUT2D eigenvalue weighted by Gasteiger charge is 1.93. The average Bonchev–Trinajstić information content (AvgIpc) is 1.27. The maximum Gasteiger partial charge on any atom is 0.310 e. The molecule has 0 aliphatic carbocycles. The number of hydrogen-bond acceptors (Lipinski definition) is 3. The average molecular weight is 132 g/mol. The molecule has 4 heteroatoms. The second kappa shape index (κ2) is 4.82. The Morgan fingerprint density at radius 2 is 1.38 bits per heavy atom. The lowest BCUT2D eigenvalue weighted by molar-refractivity contribution is -0.156. The number of esters is 2. The van der Waals surface area contributed by atoms with Crippen LogP contribution in [0.15, 0.2) is 0 Å². The van der Waals surface area contributed by atoms with Crippen molar-refractivity contribution >= 4 is 29.3 Å². The smallest absolute Gasteiger partial charge is 0.310 e. The van der Waals surface area contributed by atoms with E-state index in [0.717, 1.165) is 0 Å². The summed E-state index contributed by atoms with van der Waals surface area (Å²) in [4.78, 5) is 19.6. The highest BCUT2D eigenvalue weighted by Crippen LogP contribution is 1.73. The van der Waals surface area contributed by atoms with E-state index in [1.54, 1.807) is 0 Å². The number of carbonyl (C=O) groups excluding carboxylic acids is 2. The highest BCUT2D eigenvalue weighted by molar-refractivity contribution is 5.82. The molecule has 0 heterocycles. The van der Waals surface area contributed by atoms with Crippen LogP contribution in [0.25, 0.3) is 0 Å². The number of ether oxygens (including phenoxy) is 1. The molecule has 0 aromatic heterocycles. The molecule has 0 aliphatic rings. The Labute approximate surface area is 58.1 Å². The standard InChI is InChI=1S/C4H6O3.Al.3H/c1-3(5)7-4(2)6;;;;/h1-2H3;;;;. The first-order valence-electron chi connectivity index (χ1n) is 1.82. The summed E-state index contributed by atoms with van der Waals surface area (Å²) in [6.07, 6.45) is 0. The first kappa shape index (κ1) is 10.6. The lowest BCUT2D eigenvalue weighted by Gasteiger charge is -1.87. The zero-order chi connectivity index (χ0) is 5.86. The Morgan fingerprint density at radius 3 is 1.38 bits per heavy atom. The van der Waals surface area contributed by atoms with Crippen LogP contribution in [0.1, 0.15) is 13.8 Å². The van der Waals surface area contributed by atoms with Crippen molar-refractivity contribution in [3.63, 3.8) is 0 Å². The summed E-state index contributed by atoms with van der Waals surface area (Å²) in [7, 11) is 0. The van der Waals surface area contributed by atoms with E-state index in [2.05, 4.69) is 4.74 Å². The van der Waals surface area contributed by atoms with Crippen molar-refractivity contribution in [3.8, 4) is 0 Å².